The molecule has 0 aliphatic heterocycles. The van der Waals surface area contributed by atoms with E-state index in [1.807, 2.05) is 32.9 Å². The molecule has 0 radical (unpaired) electrons. The Balaban J connectivity index is 2.96. The van der Waals surface area contributed by atoms with Gasteiger partial charge in [-0.25, -0.2) is 0 Å². The van der Waals surface area contributed by atoms with Crippen molar-refractivity contribution in [2.75, 3.05) is 6.61 Å². The Hall–Kier alpha value is -1.75. The number of primary amides is 1. The van der Waals surface area contributed by atoms with Gasteiger partial charge in [-0.15, -0.1) is 0 Å². The Bertz CT molecular complexity index is 447. The van der Waals surface area contributed by atoms with Crippen LogP contribution in [0.2, 0.25) is 0 Å². The number of nitrogens with two attached hydrogens (primary N) is 2. The Morgan fingerprint density at radius 1 is 1.30 bits per heavy atom. The number of rotatable bonds is 8. The van der Waals surface area contributed by atoms with Gasteiger partial charge in [0.2, 0.25) is 0 Å². The Morgan fingerprint density at radius 2 is 2.00 bits per heavy atom. The molecule has 0 bridgehead atoms. The van der Waals surface area contributed by atoms with Crippen LogP contribution in [0.3, 0.4) is 0 Å². The van der Waals surface area contributed by atoms with E-state index in [4.69, 9.17) is 20.9 Å². The molecule has 0 aliphatic rings. The average Bonchev–Trinajstić information content (AvgIpc) is 2.37. The van der Waals surface area contributed by atoms with E-state index in [1.165, 1.54) is 0 Å². The number of hydrogen-bond acceptors (Lipinski definition) is 4. The third-order valence-electron chi connectivity index (χ3n) is 2.82. The van der Waals surface area contributed by atoms with Gasteiger partial charge < -0.3 is 20.9 Å². The SMILES string of the molecule is CCOc1cc(CC(C)N)ccc1OC(CC)C(N)=O. The van der Waals surface area contributed by atoms with Crippen LogP contribution < -0.4 is 20.9 Å². The summed E-state index contributed by atoms with van der Waals surface area (Å²) in [4.78, 5) is 11.3. The second-order valence-electron chi connectivity index (χ2n) is 4.81. The molecule has 112 valence electrons. The molecule has 0 heterocycles. The monoisotopic (exact) mass is 280 g/mol. The van der Waals surface area contributed by atoms with Crippen LogP contribution in [0.25, 0.3) is 0 Å². The van der Waals surface area contributed by atoms with Gasteiger partial charge in [-0.3, -0.25) is 4.79 Å². The lowest BCUT2D eigenvalue weighted by molar-refractivity contribution is -0.124. The molecule has 1 amide bonds. The first-order chi connectivity index (χ1) is 9.47. The summed E-state index contributed by atoms with van der Waals surface area (Å²) >= 11 is 0. The Morgan fingerprint density at radius 3 is 2.50 bits per heavy atom. The second-order valence-corrected chi connectivity index (χ2v) is 4.81. The van der Waals surface area contributed by atoms with E-state index < -0.39 is 12.0 Å². The van der Waals surface area contributed by atoms with Crippen molar-refractivity contribution >= 4 is 5.91 Å². The highest BCUT2D eigenvalue weighted by Gasteiger charge is 2.17. The molecule has 0 saturated heterocycles. The van der Waals surface area contributed by atoms with E-state index in [-0.39, 0.29) is 6.04 Å². The van der Waals surface area contributed by atoms with E-state index in [0.717, 1.165) is 12.0 Å². The molecule has 2 atom stereocenters. The van der Waals surface area contributed by atoms with Gasteiger partial charge >= 0.3 is 0 Å². The maximum Gasteiger partial charge on any atom is 0.258 e. The smallest absolute Gasteiger partial charge is 0.258 e. The summed E-state index contributed by atoms with van der Waals surface area (Å²) in [7, 11) is 0. The van der Waals surface area contributed by atoms with Crippen molar-refractivity contribution in [2.45, 2.75) is 45.8 Å². The fourth-order valence-corrected chi connectivity index (χ4v) is 1.91. The van der Waals surface area contributed by atoms with E-state index >= 15 is 0 Å². The van der Waals surface area contributed by atoms with Crippen LogP contribution in [0.4, 0.5) is 0 Å². The largest absolute Gasteiger partial charge is 0.490 e. The molecule has 20 heavy (non-hydrogen) atoms. The van der Waals surface area contributed by atoms with Gasteiger partial charge in [0.1, 0.15) is 0 Å². The van der Waals surface area contributed by atoms with Crippen molar-refractivity contribution in [3.63, 3.8) is 0 Å². The highest BCUT2D eigenvalue weighted by molar-refractivity contribution is 5.79. The fraction of sp³-hybridized carbons (Fsp3) is 0.533. The molecular weight excluding hydrogens is 256 g/mol. The molecule has 0 saturated carbocycles. The number of ether oxygens (including phenoxy) is 2. The molecule has 5 heteroatoms. The standard InChI is InChI=1S/C15H24N2O3/c1-4-12(15(17)18)20-13-7-6-11(8-10(3)16)9-14(13)19-5-2/h6-7,9-10,12H,4-5,8,16H2,1-3H3,(H2,17,18). The fourth-order valence-electron chi connectivity index (χ4n) is 1.91. The minimum absolute atomic E-state index is 0.0743. The first-order valence-electron chi connectivity index (χ1n) is 6.95. The van der Waals surface area contributed by atoms with Crippen molar-refractivity contribution in [1.29, 1.82) is 0 Å². The van der Waals surface area contributed by atoms with Crippen LogP contribution >= 0.6 is 0 Å². The predicted molar refractivity (Wildman–Crippen MR) is 78.9 cm³/mol. The van der Waals surface area contributed by atoms with Crippen molar-refractivity contribution in [3.05, 3.63) is 23.8 Å². The lowest BCUT2D eigenvalue weighted by Gasteiger charge is -2.18. The molecule has 1 aromatic carbocycles. The quantitative estimate of drug-likeness (QED) is 0.757. The van der Waals surface area contributed by atoms with E-state index in [0.29, 0.717) is 24.5 Å². The van der Waals surface area contributed by atoms with Crippen molar-refractivity contribution in [1.82, 2.24) is 0 Å². The normalized spacial score (nSPS) is 13.6. The number of carbonyl (C=O) groups excluding carboxylic acids is 1. The first kappa shape index (κ1) is 16.3. The topological polar surface area (TPSA) is 87.6 Å². The number of benzene rings is 1. The molecule has 1 rings (SSSR count). The number of hydrogen-bond donors (Lipinski definition) is 2. The summed E-state index contributed by atoms with van der Waals surface area (Å²) < 4.78 is 11.2. The Kier molecular flexibility index (Phi) is 6.31. The van der Waals surface area contributed by atoms with Crippen LogP contribution in [-0.2, 0) is 11.2 Å². The maximum absolute atomic E-state index is 11.3. The zero-order valence-electron chi connectivity index (χ0n) is 12.4. The summed E-state index contributed by atoms with van der Waals surface area (Å²) in [6.45, 7) is 6.21. The van der Waals surface area contributed by atoms with Crippen LogP contribution in [0.15, 0.2) is 18.2 Å². The zero-order valence-corrected chi connectivity index (χ0v) is 12.4. The van der Waals surface area contributed by atoms with Crippen LogP contribution in [0, 0.1) is 0 Å². The molecule has 0 aliphatic carbocycles. The van der Waals surface area contributed by atoms with Crippen molar-refractivity contribution in [3.8, 4) is 11.5 Å². The van der Waals surface area contributed by atoms with Gasteiger partial charge in [-0.2, -0.15) is 0 Å². The minimum atomic E-state index is -0.645. The summed E-state index contributed by atoms with van der Waals surface area (Å²) in [5.74, 6) is 0.672. The highest BCUT2D eigenvalue weighted by Crippen LogP contribution is 2.30. The maximum atomic E-state index is 11.3. The summed E-state index contributed by atoms with van der Waals surface area (Å²) in [6.07, 6.45) is 0.629. The molecule has 0 spiro atoms. The summed E-state index contributed by atoms with van der Waals surface area (Å²) in [5, 5.41) is 0. The van der Waals surface area contributed by atoms with Gasteiger partial charge in [-0.1, -0.05) is 13.0 Å². The summed E-state index contributed by atoms with van der Waals surface area (Å²) in [5.41, 5.74) is 12.2. The van der Waals surface area contributed by atoms with Crippen molar-refractivity contribution < 1.29 is 14.3 Å². The molecule has 4 N–H and O–H groups in total. The van der Waals surface area contributed by atoms with E-state index in [1.54, 1.807) is 6.07 Å². The minimum Gasteiger partial charge on any atom is -0.490 e. The second kappa shape index (κ2) is 7.75. The van der Waals surface area contributed by atoms with Crippen LogP contribution in [0.1, 0.15) is 32.8 Å². The zero-order chi connectivity index (χ0) is 15.1. The van der Waals surface area contributed by atoms with Gasteiger partial charge in [0.25, 0.3) is 5.91 Å². The highest BCUT2D eigenvalue weighted by atomic mass is 16.5. The third kappa shape index (κ3) is 4.74. The van der Waals surface area contributed by atoms with Gasteiger partial charge in [0.05, 0.1) is 6.61 Å². The van der Waals surface area contributed by atoms with Crippen LogP contribution in [-0.4, -0.2) is 24.7 Å². The molecule has 1 aromatic rings. The number of amides is 1. The van der Waals surface area contributed by atoms with E-state index in [2.05, 4.69) is 0 Å². The molecular formula is C15H24N2O3. The molecule has 5 nitrogen and oxygen atoms in total. The first-order valence-corrected chi connectivity index (χ1v) is 6.95. The molecule has 2 unspecified atom stereocenters. The average molecular weight is 280 g/mol. The number of carbonyl (C=O) groups is 1. The lowest BCUT2D eigenvalue weighted by Crippen LogP contribution is -2.33. The molecule has 0 aromatic heterocycles. The van der Waals surface area contributed by atoms with Crippen LogP contribution in [0.5, 0.6) is 11.5 Å². The van der Waals surface area contributed by atoms with Gasteiger partial charge in [0, 0.05) is 6.04 Å². The molecule has 0 fully saturated rings. The van der Waals surface area contributed by atoms with Crippen molar-refractivity contribution in [2.24, 2.45) is 11.5 Å². The lowest BCUT2D eigenvalue weighted by atomic mass is 10.1. The predicted octanol–water partition coefficient (Wildman–Crippen LogP) is 1.62. The van der Waals surface area contributed by atoms with E-state index in [9.17, 15) is 4.79 Å². The van der Waals surface area contributed by atoms with Gasteiger partial charge in [-0.05, 0) is 44.4 Å². The van der Waals surface area contributed by atoms with Gasteiger partial charge in [0.15, 0.2) is 17.6 Å². The Labute approximate surface area is 120 Å². The summed E-state index contributed by atoms with van der Waals surface area (Å²) in [6, 6.07) is 5.70. The third-order valence-corrected chi connectivity index (χ3v) is 2.82.